The molecular formula is C16H35N3O4. The van der Waals surface area contributed by atoms with Crippen LogP contribution in [0.4, 0.5) is 0 Å². The molecule has 0 amide bonds. The van der Waals surface area contributed by atoms with Crippen LogP contribution in [0.25, 0.3) is 0 Å². The summed E-state index contributed by atoms with van der Waals surface area (Å²) < 4.78 is 20.7. The molecule has 0 aliphatic rings. The molecule has 0 saturated heterocycles. The molecule has 0 aromatic carbocycles. The molecular weight excluding hydrogens is 298 g/mol. The number of methoxy groups -OCH3 is 2. The zero-order valence-corrected chi connectivity index (χ0v) is 15.1. The lowest BCUT2D eigenvalue weighted by Crippen LogP contribution is -2.38. The van der Waals surface area contributed by atoms with Crippen molar-refractivity contribution in [3.05, 3.63) is 0 Å². The molecule has 0 aromatic rings. The monoisotopic (exact) mass is 333 g/mol. The van der Waals surface area contributed by atoms with Crippen molar-refractivity contribution in [2.75, 3.05) is 73.5 Å². The number of hydrogen-bond acceptors (Lipinski definition) is 5. The minimum absolute atomic E-state index is 0.642. The van der Waals surface area contributed by atoms with E-state index in [1.807, 2.05) is 0 Å². The molecule has 0 heterocycles. The SMILES string of the molecule is CCNC(=NCCCOCCOC)NCCCCOCCOC. The van der Waals surface area contributed by atoms with E-state index in [9.17, 15) is 0 Å². The molecule has 7 nitrogen and oxygen atoms in total. The summed E-state index contributed by atoms with van der Waals surface area (Å²) in [6.07, 6.45) is 2.99. The lowest BCUT2D eigenvalue weighted by molar-refractivity contribution is 0.0689. The summed E-state index contributed by atoms with van der Waals surface area (Å²) >= 11 is 0. The Kier molecular flexibility index (Phi) is 18.4. The Bertz CT molecular complexity index is 266. The number of unbranched alkanes of at least 4 members (excludes halogenated alkanes) is 1. The molecule has 0 fully saturated rings. The molecule has 0 saturated carbocycles. The lowest BCUT2D eigenvalue weighted by atomic mass is 10.3. The van der Waals surface area contributed by atoms with Crippen LogP contribution in [0.3, 0.4) is 0 Å². The van der Waals surface area contributed by atoms with Gasteiger partial charge in [-0.2, -0.15) is 0 Å². The highest BCUT2D eigenvalue weighted by molar-refractivity contribution is 5.79. The highest BCUT2D eigenvalue weighted by Gasteiger charge is 1.97. The van der Waals surface area contributed by atoms with E-state index in [1.165, 1.54) is 0 Å². The maximum absolute atomic E-state index is 5.43. The highest BCUT2D eigenvalue weighted by atomic mass is 16.5. The molecule has 138 valence electrons. The summed E-state index contributed by atoms with van der Waals surface area (Å²) in [5.41, 5.74) is 0. The standard InChI is InChI=1S/C16H35N3O4/c1-4-17-16(19-9-7-11-23-15-13-21-3)18-8-5-6-10-22-14-12-20-2/h4-15H2,1-3H3,(H2,17,18,19). The smallest absolute Gasteiger partial charge is 0.191 e. The second kappa shape index (κ2) is 19.2. The van der Waals surface area contributed by atoms with E-state index in [1.54, 1.807) is 14.2 Å². The van der Waals surface area contributed by atoms with E-state index in [0.717, 1.165) is 51.5 Å². The summed E-state index contributed by atoms with van der Waals surface area (Å²) in [7, 11) is 3.36. The second-order valence-electron chi connectivity index (χ2n) is 4.96. The van der Waals surface area contributed by atoms with Gasteiger partial charge >= 0.3 is 0 Å². The molecule has 0 aliphatic heterocycles. The Morgan fingerprint density at radius 3 is 2.04 bits per heavy atom. The van der Waals surface area contributed by atoms with Crippen molar-refractivity contribution in [3.63, 3.8) is 0 Å². The molecule has 0 atom stereocenters. The topological polar surface area (TPSA) is 73.3 Å². The van der Waals surface area contributed by atoms with Crippen molar-refractivity contribution < 1.29 is 18.9 Å². The van der Waals surface area contributed by atoms with Crippen LogP contribution in [-0.2, 0) is 18.9 Å². The van der Waals surface area contributed by atoms with Crippen molar-refractivity contribution >= 4 is 5.96 Å². The summed E-state index contributed by atoms with van der Waals surface area (Å²) in [5, 5.41) is 6.57. The van der Waals surface area contributed by atoms with Gasteiger partial charge in [-0.25, -0.2) is 0 Å². The first-order chi connectivity index (χ1) is 11.3. The summed E-state index contributed by atoms with van der Waals surface area (Å²) in [6, 6.07) is 0. The minimum Gasteiger partial charge on any atom is -0.382 e. The van der Waals surface area contributed by atoms with Gasteiger partial charge in [-0.3, -0.25) is 4.99 Å². The van der Waals surface area contributed by atoms with Crippen LogP contribution in [0, 0.1) is 0 Å². The first-order valence-corrected chi connectivity index (χ1v) is 8.50. The average Bonchev–Trinajstić information content (AvgIpc) is 2.56. The van der Waals surface area contributed by atoms with Crippen LogP contribution in [0.1, 0.15) is 26.2 Å². The molecule has 0 unspecified atom stereocenters. The Morgan fingerprint density at radius 1 is 0.783 bits per heavy atom. The van der Waals surface area contributed by atoms with Gasteiger partial charge in [0.2, 0.25) is 0 Å². The van der Waals surface area contributed by atoms with E-state index in [4.69, 9.17) is 18.9 Å². The van der Waals surface area contributed by atoms with Gasteiger partial charge in [-0.15, -0.1) is 0 Å². The molecule has 23 heavy (non-hydrogen) atoms. The number of aliphatic imine (C=N–C) groups is 1. The fourth-order valence-corrected chi connectivity index (χ4v) is 1.72. The van der Waals surface area contributed by atoms with Crippen molar-refractivity contribution in [3.8, 4) is 0 Å². The molecule has 0 aliphatic carbocycles. The van der Waals surface area contributed by atoms with Gasteiger partial charge < -0.3 is 29.6 Å². The summed E-state index contributed by atoms with van der Waals surface area (Å²) in [6.45, 7) is 8.67. The van der Waals surface area contributed by atoms with E-state index in [0.29, 0.717) is 33.0 Å². The second-order valence-corrected chi connectivity index (χ2v) is 4.96. The largest absolute Gasteiger partial charge is 0.382 e. The predicted molar refractivity (Wildman–Crippen MR) is 93.2 cm³/mol. The van der Waals surface area contributed by atoms with Crippen LogP contribution in [0.5, 0.6) is 0 Å². The number of nitrogens with one attached hydrogen (secondary N) is 2. The Morgan fingerprint density at radius 2 is 1.43 bits per heavy atom. The molecule has 0 radical (unpaired) electrons. The average molecular weight is 333 g/mol. The van der Waals surface area contributed by atoms with E-state index in [-0.39, 0.29) is 0 Å². The Balaban J connectivity index is 3.58. The highest BCUT2D eigenvalue weighted by Crippen LogP contribution is 1.90. The molecule has 0 aromatic heterocycles. The molecule has 0 spiro atoms. The third-order valence-corrected chi connectivity index (χ3v) is 2.93. The van der Waals surface area contributed by atoms with Crippen molar-refractivity contribution in [1.29, 1.82) is 0 Å². The van der Waals surface area contributed by atoms with E-state index >= 15 is 0 Å². The minimum atomic E-state index is 0.642. The van der Waals surface area contributed by atoms with Gasteiger partial charge in [0, 0.05) is 47.1 Å². The van der Waals surface area contributed by atoms with Crippen molar-refractivity contribution in [1.82, 2.24) is 10.6 Å². The zero-order chi connectivity index (χ0) is 17.0. The van der Waals surface area contributed by atoms with E-state index in [2.05, 4.69) is 22.5 Å². The summed E-state index contributed by atoms with van der Waals surface area (Å²) in [4.78, 5) is 4.52. The van der Waals surface area contributed by atoms with Crippen molar-refractivity contribution in [2.24, 2.45) is 4.99 Å². The van der Waals surface area contributed by atoms with Crippen LogP contribution < -0.4 is 10.6 Å². The number of hydrogen-bond donors (Lipinski definition) is 2. The van der Waals surface area contributed by atoms with Crippen LogP contribution in [0.15, 0.2) is 4.99 Å². The van der Waals surface area contributed by atoms with Gasteiger partial charge in [0.05, 0.1) is 26.4 Å². The fraction of sp³-hybridized carbons (Fsp3) is 0.938. The predicted octanol–water partition coefficient (Wildman–Crippen LogP) is 1.04. The third kappa shape index (κ3) is 17.3. The number of rotatable bonds is 16. The number of guanidine groups is 1. The maximum Gasteiger partial charge on any atom is 0.191 e. The van der Waals surface area contributed by atoms with Gasteiger partial charge in [0.25, 0.3) is 0 Å². The molecule has 7 heteroatoms. The summed E-state index contributed by atoms with van der Waals surface area (Å²) in [5.74, 6) is 0.865. The van der Waals surface area contributed by atoms with Crippen LogP contribution in [-0.4, -0.2) is 79.5 Å². The Hall–Kier alpha value is -0.890. The van der Waals surface area contributed by atoms with Gasteiger partial charge in [-0.1, -0.05) is 0 Å². The normalized spacial score (nSPS) is 11.7. The Labute approximate surface area is 141 Å². The molecule has 2 N–H and O–H groups in total. The van der Waals surface area contributed by atoms with Gasteiger partial charge in [-0.05, 0) is 26.2 Å². The quantitative estimate of drug-likeness (QED) is 0.250. The third-order valence-electron chi connectivity index (χ3n) is 2.93. The zero-order valence-electron chi connectivity index (χ0n) is 15.1. The van der Waals surface area contributed by atoms with Gasteiger partial charge in [0.1, 0.15) is 0 Å². The van der Waals surface area contributed by atoms with Crippen LogP contribution in [0.2, 0.25) is 0 Å². The first-order valence-electron chi connectivity index (χ1n) is 8.50. The van der Waals surface area contributed by atoms with Crippen molar-refractivity contribution in [2.45, 2.75) is 26.2 Å². The number of ether oxygens (including phenoxy) is 4. The molecule has 0 bridgehead atoms. The van der Waals surface area contributed by atoms with Crippen LogP contribution >= 0.6 is 0 Å². The first kappa shape index (κ1) is 22.1. The molecule has 0 rings (SSSR count). The fourth-order valence-electron chi connectivity index (χ4n) is 1.72. The maximum atomic E-state index is 5.43. The number of nitrogens with zero attached hydrogens (tertiary/aromatic N) is 1. The van der Waals surface area contributed by atoms with Gasteiger partial charge in [0.15, 0.2) is 5.96 Å². The lowest BCUT2D eigenvalue weighted by Gasteiger charge is -2.11. The van der Waals surface area contributed by atoms with E-state index < -0.39 is 0 Å².